The summed E-state index contributed by atoms with van der Waals surface area (Å²) in [5.74, 6) is 0.510. The van der Waals surface area contributed by atoms with E-state index in [2.05, 4.69) is 22.5 Å². The smallest absolute Gasteiger partial charge is 0.318 e. The van der Waals surface area contributed by atoms with Crippen LogP contribution < -0.4 is 16.0 Å². The Labute approximate surface area is 177 Å². The SMILES string of the molecule is C=C[C@@H]1CC[C@H]1C(=O)NC1C[C@H]2CC[C@@H](C1)N2C(=O)c1cccc(NC(=O)NC)c1. The second-order valence-electron chi connectivity index (χ2n) is 8.64. The van der Waals surface area contributed by atoms with E-state index in [-0.39, 0.29) is 41.9 Å². The number of anilines is 1. The van der Waals surface area contributed by atoms with Crippen LogP contribution in [0, 0.1) is 11.8 Å². The average molecular weight is 411 g/mol. The Hall–Kier alpha value is -2.83. The highest BCUT2D eigenvalue weighted by atomic mass is 16.2. The fourth-order valence-corrected chi connectivity index (χ4v) is 5.14. The molecular formula is C23H30N4O3. The quantitative estimate of drug-likeness (QED) is 0.652. The third kappa shape index (κ3) is 3.93. The summed E-state index contributed by atoms with van der Waals surface area (Å²) in [6.07, 6.45) is 7.42. The molecule has 7 heteroatoms. The van der Waals surface area contributed by atoms with Crippen molar-refractivity contribution < 1.29 is 14.4 Å². The fraction of sp³-hybridized carbons (Fsp3) is 0.522. The van der Waals surface area contributed by atoms with Gasteiger partial charge in [-0.25, -0.2) is 4.79 Å². The van der Waals surface area contributed by atoms with Gasteiger partial charge in [-0.2, -0.15) is 0 Å². The van der Waals surface area contributed by atoms with Crippen LogP contribution in [0.3, 0.4) is 0 Å². The summed E-state index contributed by atoms with van der Waals surface area (Å²) < 4.78 is 0. The van der Waals surface area contributed by atoms with Crippen molar-refractivity contribution >= 4 is 23.5 Å². The molecule has 7 nitrogen and oxygen atoms in total. The lowest BCUT2D eigenvalue weighted by Crippen LogP contribution is -2.54. The van der Waals surface area contributed by atoms with E-state index in [1.807, 2.05) is 11.0 Å². The third-order valence-corrected chi connectivity index (χ3v) is 6.88. The van der Waals surface area contributed by atoms with E-state index in [0.717, 1.165) is 38.5 Å². The Balaban J connectivity index is 1.39. The first kappa shape index (κ1) is 20.4. The minimum absolute atomic E-state index is 0.00134. The number of nitrogens with zero attached hydrogens (tertiary/aromatic N) is 1. The molecule has 2 heterocycles. The van der Waals surface area contributed by atoms with Crippen LogP contribution in [-0.4, -0.2) is 47.9 Å². The number of amides is 4. The van der Waals surface area contributed by atoms with Crippen LogP contribution >= 0.6 is 0 Å². The van der Waals surface area contributed by atoms with E-state index in [4.69, 9.17) is 0 Å². The van der Waals surface area contributed by atoms with Crippen molar-refractivity contribution in [2.24, 2.45) is 11.8 Å². The summed E-state index contributed by atoms with van der Waals surface area (Å²) in [5.41, 5.74) is 1.17. The standard InChI is InChI=1S/C23H30N4O3/c1-3-14-7-10-20(14)21(28)25-17-12-18-8-9-19(13-17)27(18)22(29)15-5-4-6-16(11-15)26-23(30)24-2/h3-6,11,14,17-20H,1,7-10,12-13H2,2H3,(H,25,28)(H2,24,26,30)/t14-,17?,18-,19+,20-/m1/s1. The Morgan fingerprint density at radius 2 is 1.83 bits per heavy atom. The van der Waals surface area contributed by atoms with Gasteiger partial charge in [0.15, 0.2) is 0 Å². The van der Waals surface area contributed by atoms with Gasteiger partial charge in [-0.05, 0) is 62.6 Å². The van der Waals surface area contributed by atoms with E-state index in [1.165, 1.54) is 0 Å². The molecule has 3 aliphatic rings. The highest BCUT2D eigenvalue weighted by Crippen LogP contribution is 2.39. The maximum atomic E-state index is 13.2. The largest absolute Gasteiger partial charge is 0.353 e. The fourth-order valence-electron chi connectivity index (χ4n) is 5.14. The molecule has 1 aromatic carbocycles. The first-order valence-electron chi connectivity index (χ1n) is 10.8. The lowest BCUT2D eigenvalue weighted by Gasteiger charge is -2.41. The molecule has 2 saturated heterocycles. The second kappa shape index (κ2) is 8.50. The Morgan fingerprint density at radius 1 is 1.10 bits per heavy atom. The van der Waals surface area contributed by atoms with Crippen LogP contribution in [0.25, 0.3) is 0 Å². The molecule has 160 valence electrons. The number of hydrogen-bond donors (Lipinski definition) is 3. The number of piperidine rings is 1. The van der Waals surface area contributed by atoms with Gasteiger partial charge in [0.05, 0.1) is 0 Å². The summed E-state index contributed by atoms with van der Waals surface area (Å²) in [4.78, 5) is 39.4. The average Bonchev–Trinajstić information content (AvgIpc) is 2.97. The van der Waals surface area contributed by atoms with Crippen molar-refractivity contribution in [1.82, 2.24) is 15.5 Å². The van der Waals surface area contributed by atoms with E-state index in [9.17, 15) is 14.4 Å². The highest BCUT2D eigenvalue weighted by molar-refractivity contribution is 5.97. The van der Waals surface area contributed by atoms with E-state index >= 15 is 0 Å². The minimum atomic E-state index is -0.318. The molecule has 30 heavy (non-hydrogen) atoms. The summed E-state index contributed by atoms with van der Waals surface area (Å²) in [5, 5.41) is 8.46. The molecule has 4 rings (SSSR count). The molecular weight excluding hydrogens is 380 g/mol. The topological polar surface area (TPSA) is 90.5 Å². The molecule has 1 aromatic rings. The summed E-state index contributed by atoms with van der Waals surface area (Å²) >= 11 is 0. The number of carbonyl (C=O) groups is 3. The molecule has 2 bridgehead atoms. The lowest BCUT2D eigenvalue weighted by molar-refractivity contribution is -0.130. The molecule has 4 amide bonds. The Morgan fingerprint density at radius 3 is 2.43 bits per heavy atom. The van der Waals surface area contributed by atoms with Gasteiger partial charge in [-0.15, -0.1) is 6.58 Å². The van der Waals surface area contributed by atoms with Crippen LogP contribution in [0.4, 0.5) is 10.5 Å². The van der Waals surface area contributed by atoms with Crippen LogP contribution in [0.5, 0.6) is 0 Å². The predicted octanol–water partition coefficient (Wildman–Crippen LogP) is 2.90. The van der Waals surface area contributed by atoms with Crippen LogP contribution in [0.2, 0.25) is 0 Å². The van der Waals surface area contributed by atoms with Gasteiger partial charge in [0.2, 0.25) is 5.91 Å². The number of hydrogen-bond acceptors (Lipinski definition) is 3. The van der Waals surface area contributed by atoms with Crippen LogP contribution in [0.1, 0.15) is 48.9 Å². The number of benzene rings is 1. The zero-order valence-electron chi connectivity index (χ0n) is 17.4. The van der Waals surface area contributed by atoms with Crippen molar-refractivity contribution in [3.05, 3.63) is 42.5 Å². The van der Waals surface area contributed by atoms with Crippen molar-refractivity contribution in [2.45, 2.75) is 56.7 Å². The monoisotopic (exact) mass is 410 g/mol. The molecule has 1 unspecified atom stereocenters. The minimum Gasteiger partial charge on any atom is -0.353 e. The maximum absolute atomic E-state index is 13.2. The third-order valence-electron chi connectivity index (χ3n) is 6.88. The molecule has 1 aliphatic carbocycles. The Bertz CT molecular complexity index is 841. The number of carbonyl (C=O) groups excluding carboxylic acids is 3. The van der Waals surface area contributed by atoms with Crippen LogP contribution in [0.15, 0.2) is 36.9 Å². The summed E-state index contributed by atoms with van der Waals surface area (Å²) in [7, 11) is 1.55. The zero-order valence-corrected chi connectivity index (χ0v) is 17.4. The van der Waals surface area contributed by atoms with Crippen LogP contribution in [-0.2, 0) is 4.79 Å². The van der Waals surface area contributed by atoms with Gasteiger partial charge in [0, 0.05) is 42.3 Å². The molecule has 0 spiro atoms. The maximum Gasteiger partial charge on any atom is 0.318 e. The number of urea groups is 1. The summed E-state index contributed by atoms with van der Waals surface area (Å²) in [6.45, 7) is 3.83. The van der Waals surface area contributed by atoms with Gasteiger partial charge in [0.1, 0.15) is 0 Å². The lowest BCUT2D eigenvalue weighted by atomic mass is 9.73. The van der Waals surface area contributed by atoms with Crippen molar-refractivity contribution in [1.29, 1.82) is 0 Å². The first-order chi connectivity index (χ1) is 14.5. The predicted molar refractivity (Wildman–Crippen MR) is 115 cm³/mol. The molecule has 2 aliphatic heterocycles. The highest BCUT2D eigenvalue weighted by Gasteiger charge is 2.44. The van der Waals surface area contributed by atoms with Crippen molar-refractivity contribution in [3.63, 3.8) is 0 Å². The molecule has 5 atom stereocenters. The number of nitrogens with one attached hydrogen (secondary N) is 3. The van der Waals surface area contributed by atoms with Gasteiger partial charge in [-0.3, -0.25) is 9.59 Å². The van der Waals surface area contributed by atoms with Gasteiger partial charge >= 0.3 is 6.03 Å². The molecule has 3 N–H and O–H groups in total. The zero-order chi connectivity index (χ0) is 21.3. The van der Waals surface area contributed by atoms with Gasteiger partial charge in [-0.1, -0.05) is 12.1 Å². The Kier molecular flexibility index (Phi) is 5.79. The van der Waals surface area contributed by atoms with Gasteiger partial charge < -0.3 is 20.9 Å². The number of allylic oxidation sites excluding steroid dienone is 1. The van der Waals surface area contributed by atoms with E-state index < -0.39 is 0 Å². The van der Waals surface area contributed by atoms with Crippen molar-refractivity contribution in [3.8, 4) is 0 Å². The number of rotatable bonds is 5. The van der Waals surface area contributed by atoms with Crippen molar-refractivity contribution in [2.75, 3.05) is 12.4 Å². The normalized spacial score (nSPS) is 29.5. The molecule has 0 aromatic heterocycles. The number of fused-ring (bicyclic) bond motifs is 2. The van der Waals surface area contributed by atoms with Gasteiger partial charge in [0.25, 0.3) is 5.91 Å². The first-order valence-corrected chi connectivity index (χ1v) is 10.8. The summed E-state index contributed by atoms with van der Waals surface area (Å²) in [6, 6.07) is 7.16. The molecule has 1 saturated carbocycles. The second-order valence-corrected chi connectivity index (χ2v) is 8.64. The molecule has 0 radical (unpaired) electrons. The van der Waals surface area contributed by atoms with E-state index in [0.29, 0.717) is 17.2 Å². The molecule has 3 fully saturated rings. The van der Waals surface area contributed by atoms with E-state index in [1.54, 1.807) is 31.3 Å².